The summed E-state index contributed by atoms with van der Waals surface area (Å²) < 4.78 is 39.6. The molecule has 0 aliphatic rings. The summed E-state index contributed by atoms with van der Waals surface area (Å²) in [6, 6.07) is 4.92. The SMILES string of the molecule is Cc1nnc(NS(=O)(=O)c2cccc(F)c2C#N)s1. The lowest BCUT2D eigenvalue weighted by molar-refractivity contribution is 0.593. The van der Waals surface area contributed by atoms with Crippen molar-refractivity contribution in [2.24, 2.45) is 0 Å². The Kier molecular flexibility index (Phi) is 3.46. The highest BCUT2D eigenvalue weighted by atomic mass is 32.2. The summed E-state index contributed by atoms with van der Waals surface area (Å²) in [5.41, 5.74) is -0.531. The maximum absolute atomic E-state index is 13.4. The summed E-state index contributed by atoms with van der Waals surface area (Å²) in [4.78, 5) is -0.428. The Hall–Kier alpha value is -2.05. The van der Waals surface area contributed by atoms with Crippen molar-refractivity contribution in [1.29, 1.82) is 5.26 Å². The first-order valence-electron chi connectivity index (χ1n) is 4.95. The smallest absolute Gasteiger partial charge is 0.253 e. The minimum atomic E-state index is -4.07. The van der Waals surface area contributed by atoms with E-state index >= 15 is 0 Å². The summed E-state index contributed by atoms with van der Waals surface area (Å²) >= 11 is 1.04. The van der Waals surface area contributed by atoms with Crippen LogP contribution in [-0.4, -0.2) is 18.6 Å². The van der Waals surface area contributed by atoms with Crippen LogP contribution in [0.2, 0.25) is 0 Å². The van der Waals surface area contributed by atoms with Crippen molar-refractivity contribution < 1.29 is 12.8 Å². The van der Waals surface area contributed by atoms with E-state index < -0.39 is 26.3 Å². The molecule has 1 heterocycles. The number of aryl methyl sites for hydroxylation is 1. The number of nitriles is 1. The lowest BCUT2D eigenvalue weighted by Gasteiger charge is -2.06. The highest BCUT2D eigenvalue weighted by Crippen LogP contribution is 2.22. The first-order valence-corrected chi connectivity index (χ1v) is 7.25. The Bertz CT molecular complexity index is 764. The molecule has 1 N–H and O–H groups in total. The average Bonchev–Trinajstić information content (AvgIpc) is 2.73. The number of hydrogen-bond donors (Lipinski definition) is 1. The highest BCUT2D eigenvalue weighted by molar-refractivity contribution is 7.93. The fourth-order valence-electron chi connectivity index (χ4n) is 1.34. The van der Waals surface area contributed by atoms with E-state index in [1.165, 1.54) is 12.1 Å². The predicted molar refractivity (Wildman–Crippen MR) is 66.6 cm³/mol. The number of nitrogens with one attached hydrogen (secondary N) is 1. The summed E-state index contributed by atoms with van der Waals surface area (Å²) in [5, 5.41) is 16.7. The minimum absolute atomic E-state index is 0.0608. The molecule has 19 heavy (non-hydrogen) atoms. The molecule has 0 saturated carbocycles. The van der Waals surface area contributed by atoms with Gasteiger partial charge in [0.05, 0.1) is 0 Å². The molecule has 0 radical (unpaired) electrons. The number of hydrogen-bond acceptors (Lipinski definition) is 6. The number of anilines is 1. The van der Waals surface area contributed by atoms with Crippen molar-refractivity contribution >= 4 is 26.5 Å². The van der Waals surface area contributed by atoms with Crippen molar-refractivity contribution in [3.05, 3.63) is 34.6 Å². The van der Waals surface area contributed by atoms with Gasteiger partial charge in [-0.2, -0.15) is 5.26 Å². The lowest BCUT2D eigenvalue weighted by atomic mass is 10.2. The quantitative estimate of drug-likeness (QED) is 0.929. The molecule has 1 aromatic carbocycles. The molecule has 1 aromatic heterocycles. The molecule has 2 rings (SSSR count). The Labute approximate surface area is 112 Å². The average molecular weight is 298 g/mol. The Balaban J connectivity index is 2.46. The van der Waals surface area contributed by atoms with Gasteiger partial charge in [-0.15, -0.1) is 10.2 Å². The van der Waals surface area contributed by atoms with Crippen molar-refractivity contribution in [1.82, 2.24) is 10.2 Å². The van der Waals surface area contributed by atoms with E-state index in [1.54, 1.807) is 6.92 Å². The number of rotatable bonds is 3. The largest absolute Gasteiger partial charge is 0.265 e. The van der Waals surface area contributed by atoms with Gasteiger partial charge in [0.15, 0.2) is 0 Å². The van der Waals surface area contributed by atoms with Crippen LogP contribution in [0.1, 0.15) is 10.6 Å². The van der Waals surface area contributed by atoms with Gasteiger partial charge in [0.25, 0.3) is 10.0 Å². The van der Waals surface area contributed by atoms with Gasteiger partial charge >= 0.3 is 0 Å². The molecule has 0 unspecified atom stereocenters. The Morgan fingerprint density at radius 3 is 2.74 bits per heavy atom. The monoisotopic (exact) mass is 298 g/mol. The maximum atomic E-state index is 13.4. The lowest BCUT2D eigenvalue weighted by Crippen LogP contribution is -2.15. The number of benzene rings is 1. The summed E-state index contributed by atoms with van der Waals surface area (Å²) in [6.07, 6.45) is 0. The zero-order chi connectivity index (χ0) is 14.0. The fraction of sp³-hybridized carbons (Fsp3) is 0.100. The Morgan fingerprint density at radius 2 is 2.16 bits per heavy atom. The molecule has 0 amide bonds. The molecule has 0 spiro atoms. The zero-order valence-corrected chi connectivity index (χ0v) is 11.2. The summed E-state index contributed by atoms with van der Waals surface area (Å²) in [7, 11) is -4.07. The van der Waals surface area contributed by atoms with Crippen molar-refractivity contribution in [3.63, 3.8) is 0 Å². The molecule has 0 fully saturated rings. The van der Waals surface area contributed by atoms with Crippen molar-refractivity contribution in [3.8, 4) is 6.07 Å². The van der Waals surface area contributed by atoms with Crippen LogP contribution in [-0.2, 0) is 10.0 Å². The van der Waals surface area contributed by atoms with Gasteiger partial charge in [0, 0.05) is 0 Å². The molecule has 0 atom stereocenters. The minimum Gasteiger partial charge on any atom is -0.253 e. The van der Waals surface area contributed by atoms with E-state index in [-0.39, 0.29) is 5.13 Å². The van der Waals surface area contributed by atoms with E-state index in [4.69, 9.17) is 5.26 Å². The van der Waals surface area contributed by atoms with E-state index in [1.807, 2.05) is 0 Å². The van der Waals surface area contributed by atoms with Gasteiger partial charge in [0.1, 0.15) is 27.4 Å². The molecule has 9 heteroatoms. The second-order valence-electron chi connectivity index (χ2n) is 3.46. The second-order valence-corrected chi connectivity index (χ2v) is 6.29. The van der Waals surface area contributed by atoms with Gasteiger partial charge in [-0.05, 0) is 19.1 Å². The van der Waals surface area contributed by atoms with Crippen LogP contribution < -0.4 is 4.72 Å². The molecule has 6 nitrogen and oxygen atoms in total. The van der Waals surface area contributed by atoms with E-state index in [0.717, 1.165) is 23.5 Å². The summed E-state index contributed by atoms with van der Waals surface area (Å²) in [5.74, 6) is -0.890. The highest BCUT2D eigenvalue weighted by Gasteiger charge is 2.22. The number of halogens is 1. The molecular formula is C10H7FN4O2S2. The van der Waals surface area contributed by atoms with Crippen LogP contribution in [0.15, 0.2) is 23.1 Å². The third-order valence-corrected chi connectivity index (χ3v) is 4.39. The third-order valence-electron chi connectivity index (χ3n) is 2.12. The van der Waals surface area contributed by atoms with Crippen LogP contribution in [0.4, 0.5) is 9.52 Å². The van der Waals surface area contributed by atoms with Crippen LogP contribution in [0.5, 0.6) is 0 Å². The van der Waals surface area contributed by atoms with Crippen LogP contribution in [0.25, 0.3) is 0 Å². The molecule has 0 aliphatic heterocycles. The fourth-order valence-corrected chi connectivity index (χ4v) is 3.33. The van der Waals surface area contributed by atoms with Crippen molar-refractivity contribution in [2.75, 3.05) is 4.72 Å². The van der Waals surface area contributed by atoms with E-state index in [9.17, 15) is 12.8 Å². The topological polar surface area (TPSA) is 95.7 Å². The summed E-state index contributed by atoms with van der Waals surface area (Å²) in [6.45, 7) is 1.67. The maximum Gasteiger partial charge on any atom is 0.265 e. The number of nitrogens with zero attached hydrogens (tertiary/aromatic N) is 3. The van der Waals surface area contributed by atoms with Gasteiger partial charge < -0.3 is 0 Å². The molecule has 0 saturated heterocycles. The van der Waals surface area contributed by atoms with Gasteiger partial charge in [-0.1, -0.05) is 17.4 Å². The number of sulfonamides is 1. The van der Waals surface area contributed by atoms with Crippen LogP contribution in [0, 0.1) is 24.1 Å². The zero-order valence-electron chi connectivity index (χ0n) is 9.58. The van der Waals surface area contributed by atoms with E-state index in [0.29, 0.717) is 5.01 Å². The van der Waals surface area contributed by atoms with E-state index in [2.05, 4.69) is 14.9 Å². The van der Waals surface area contributed by atoms with Crippen LogP contribution >= 0.6 is 11.3 Å². The van der Waals surface area contributed by atoms with Gasteiger partial charge in [-0.3, -0.25) is 4.72 Å². The standard InChI is InChI=1S/C10H7FN4O2S2/c1-6-13-14-10(18-6)15-19(16,17)9-4-2-3-8(11)7(9)5-12/h2-4H,1H3,(H,14,15). The molecule has 98 valence electrons. The number of aromatic nitrogens is 2. The Morgan fingerprint density at radius 1 is 1.42 bits per heavy atom. The van der Waals surface area contributed by atoms with Crippen molar-refractivity contribution in [2.45, 2.75) is 11.8 Å². The van der Waals surface area contributed by atoms with Crippen LogP contribution in [0.3, 0.4) is 0 Å². The van der Waals surface area contributed by atoms with Gasteiger partial charge in [-0.25, -0.2) is 12.8 Å². The molecule has 2 aromatic rings. The van der Waals surface area contributed by atoms with Gasteiger partial charge in [0.2, 0.25) is 5.13 Å². The normalized spacial score (nSPS) is 11.0. The molecule has 0 aliphatic carbocycles. The third kappa shape index (κ3) is 2.69. The first-order chi connectivity index (χ1) is 8.94. The first kappa shape index (κ1) is 13.4. The predicted octanol–water partition coefficient (Wildman–Crippen LogP) is 1.66. The molecule has 0 bridgehead atoms. The molecular weight excluding hydrogens is 291 g/mol. The second kappa shape index (κ2) is 4.91.